The molecule has 0 aromatic heterocycles. The van der Waals surface area contributed by atoms with Crippen molar-refractivity contribution in [2.24, 2.45) is 0 Å². The Labute approximate surface area is 171 Å². The molecule has 0 heterocycles. The normalized spacial score (nSPS) is 10.3. The summed E-state index contributed by atoms with van der Waals surface area (Å²) in [6, 6.07) is 10.6. The molecule has 0 atom stereocenters. The Morgan fingerprint density at radius 3 is 2.41 bits per heavy atom. The predicted octanol–water partition coefficient (Wildman–Crippen LogP) is 3.82. The number of rotatable bonds is 6. The van der Waals surface area contributed by atoms with Crippen molar-refractivity contribution in [2.45, 2.75) is 6.92 Å². The van der Waals surface area contributed by atoms with Crippen LogP contribution in [-0.2, 0) is 4.74 Å². The Bertz CT molecular complexity index is 823. The maximum Gasteiger partial charge on any atom is 0.337 e. The van der Waals surface area contributed by atoms with Crippen molar-refractivity contribution in [1.29, 1.82) is 0 Å². The van der Waals surface area contributed by atoms with E-state index >= 15 is 0 Å². The lowest BCUT2D eigenvalue weighted by Gasteiger charge is -2.13. The molecule has 0 bridgehead atoms. The molecule has 2 aromatic carbocycles. The average molecular weight is 411 g/mol. The molecule has 5 nitrogen and oxygen atoms in total. The van der Waals surface area contributed by atoms with Gasteiger partial charge in [-0.15, -0.1) is 12.4 Å². The largest absolute Gasteiger partial charge is 0.465 e. The first-order chi connectivity index (χ1) is 12.3. The number of likely N-dealkylation sites (N-methyl/N-ethyl adjacent to an activating group) is 1. The number of benzene rings is 2. The average Bonchev–Trinajstić information content (AvgIpc) is 2.62. The SMILES string of the molecule is COC(=O)c1cc(C(=O)NCCN(C)C)cc(-c2cc(C)ccc2Cl)c1.Cl. The summed E-state index contributed by atoms with van der Waals surface area (Å²) in [5, 5.41) is 3.41. The summed E-state index contributed by atoms with van der Waals surface area (Å²) in [5.41, 5.74) is 3.18. The van der Waals surface area contributed by atoms with E-state index in [2.05, 4.69) is 5.32 Å². The van der Waals surface area contributed by atoms with Gasteiger partial charge in [0, 0.05) is 29.2 Å². The fourth-order valence-corrected chi connectivity index (χ4v) is 2.73. The van der Waals surface area contributed by atoms with Crippen LogP contribution in [0.1, 0.15) is 26.3 Å². The first-order valence-electron chi connectivity index (χ1n) is 8.24. The van der Waals surface area contributed by atoms with Crippen LogP contribution in [0, 0.1) is 6.92 Å². The third-order valence-corrected chi connectivity index (χ3v) is 4.22. The number of methoxy groups -OCH3 is 1. The highest BCUT2D eigenvalue weighted by molar-refractivity contribution is 6.33. The predicted molar refractivity (Wildman–Crippen MR) is 111 cm³/mol. The Morgan fingerprint density at radius 1 is 1.11 bits per heavy atom. The molecular formula is C20H24Cl2N2O3. The molecule has 0 aliphatic heterocycles. The zero-order valence-electron chi connectivity index (χ0n) is 15.8. The van der Waals surface area contributed by atoms with Crippen molar-refractivity contribution in [3.63, 3.8) is 0 Å². The van der Waals surface area contributed by atoms with Gasteiger partial charge < -0.3 is 15.0 Å². The van der Waals surface area contributed by atoms with E-state index in [1.807, 2.05) is 38.1 Å². The maximum atomic E-state index is 12.5. The second-order valence-corrected chi connectivity index (χ2v) is 6.74. The highest BCUT2D eigenvalue weighted by Gasteiger charge is 2.15. The molecule has 0 saturated carbocycles. The molecule has 1 amide bonds. The van der Waals surface area contributed by atoms with Crippen molar-refractivity contribution in [1.82, 2.24) is 10.2 Å². The van der Waals surface area contributed by atoms with Crippen LogP contribution in [0.3, 0.4) is 0 Å². The lowest BCUT2D eigenvalue weighted by atomic mass is 9.98. The highest BCUT2D eigenvalue weighted by atomic mass is 35.5. The number of hydrogen-bond acceptors (Lipinski definition) is 4. The van der Waals surface area contributed by atoms with Gasteiger partial charge in [-0.25, -0.2) is 4.79 Å². The minimum absolute atomic E-state index is 0. The van der Waals surface area contributed by atoms with E-state index in [-0.39, 0.29) is 18.3 Å². The second kappa shape index (κ2) is 10.3. The first kappa shape index (κ1) is 23.0. The van der Waals surface area contributed by atoms with E-state index in [1.165, 1.54) is 13.2 Å². The number of halogens is 2. The molecule has 7 heteroatoms. The van der Waals surface area contributed by atoms with Crippen molar-refractivity contribution in [2.75, 3.05) is 34.3 Å². The molecular weight excluding hydrogens is 387 g/mol. The molecule has 1 N–H and O–H groups in total. The molecule has 27 heavy (non-hydrogen) atoms. The van der Waals surface area contributed by atoms with Crippen LogP contribution < -0.4 is 5.32 Å². The zero-order valence-corrected chi connectivity index (χ0v) is 17.4. The van der Waals surface area contributed by atoms with Crippen molar-refractivity contribution in [3.8, 4) is 11.1 Å². The summed E-state index contributed by atoms with van der Waals surface area (Å²) in [7, 11) is 5.18. The van der Waals surface area contributed by atoms with Gasteiger partial charge in [-0.05, 0) is 56.9 Å². The van der Waals surface area contributed by atoms with Gasteiger partial charge in [0.05, 0.1) is 12.7 Å². The minimum atomic E-state index is -0.502. The number of ether oxygens (including phenoxy) is 1. The molecule has 146 valence electrons. The van der Waals surface area contributed by atoms with Gasteiger partial charge in [0.1, 0.15) is 0 Å². The fourth-order valence-electron chi connectivity index (χ4n) is 2.51. The molecule has 0 fully saturated rings. The maximum absolute atomic E-state index is 12.5. The lowest BCUT2D eigenvalue weighted by molar-refractivity contribution is 0.0601. The summed E-state index contributed by atoms with van der Waals surface area (Å²) in [6.07, 6.45) is 0. The molecule has 0 aliphatic rings. The molecule has 2 aromatic rings. The van der Waals surface area contributed by atoms with Crippen molar-refractivity contribution in [3.05, 3.63) is 58.1 Å². The van der Waals surface area contributed by atoms with E-state index in [0.717, 1.165) is 17.7 Å². The first-order valence-corrected chi connectivity index (χ1v) is 8.62. The number of carbonyl (C=O) groups excluding carboxylic acids is 2. The zero-order chi connectivity index (χ0) is 19.3. The van der Waals surface area contributed by atoms with Crippen molar-refractivity contribution >= 4 is 35.9 Å². The summed E-state index contributed by atoms with van der Waals surface area (Å²) < 4.78 is 4.82. The number of nitrogens with zero attached hydrogens (tertiary/aromatic N) is 1. The summed E-state index contributed by atoms with van der Waals surface area (Å²) in [6.45, 7) is 3.19. The minimum Gasteiger partial charge on any atom is -0.465 e. The van der Waals surface area contributed by atoms with Crippen molar-refractivity contribution < 1.29 is 14.3 Å². The standard InChI is InChI=1S/C20H23ClN2O3.ClH/c1-13-5-6-18(21)17(9-13)14-10-15(12-16(11-14)20(25)26-4)19(24)22-7-8-23(2)3;/h5-6,9-12H,7-8H2,1-4H3,(H,22,24);1H. The number of aryl methyl sites for hydroxylation is 1. The lowest BCUT2D eigenvalue weighted by Crippen LogP contribution is -2.31. The van der Waals surface area contributed by atoms with E-state index in [4.69, 9.17) is 16.3 Å². The van der Waals surface area contributed by atoms with Gasteiger partial charge in [0.25, 0.3) is 5.91 Å². The van der Waals surface area contributed by atoms with Gasteiger partial charge >= 0.3 is 5.97 Å². The number of amides is 1. The third kappa shape index (κ3) is 6.24. The van der Waals surface area contributed by atoms with Crippen LogP contribution >= 0.6 is 24.0 Å². The van der Waals surface area contributed by atoms with Gasteiger partial charge in [-0.2, -0.15) is 0 Å². The number of esters is 1. The fraction of sp³-hybridized carbons (Fsp3) is 0.300. The molecule has 0 unspecified atom stereocenters. The van der Waals surface area contributed by atoms with Gasteiger partial charge in [-0.1, -0.05) is 23.2 Å². The van der Waals surface area contributed by atoms with E-state index < -0.39 is 5.97 Å². The Morgan fingerprint density at radius 2 is 1.78 bits per heavy atom. The van der Waals surface area contributed by atoms with Crippen LogP contribution in [0.2, 0.25) is 5.02 Å². The summed E-state index contributed by atoms with van der Waals surface area (Å²) in [5.74, 6) is -0.749. The summed E-state index contributed by atoms with van der Waals surface area (Å²) >= 11 is 6.32. The molecule has 2 rings (SSSR count). The van der Waals surface area contributed by atoms with Gasteiger partial charge in [0.15, 0.2) is 0 Å². The third-order valence-electron chi connectivity index (χ3n) is 3.89. The van der Waals surface area contributed by atoms with Crippen LogP contribution in [0.4, 0.5) is 0 Å². The van der Waals surface area contributed by atoms with Crippen LogP contribution in [0.5, 0.6) is 0 Å². The number of carbonyl (C=O) groups is 2. The second-order valence-electron chi connectivity index (χ2n) is 6.33. The molecule has 0 saturated heterocycles. The van der Waals surface area contributed by atoms with Gasteiger partial charge in [-0.3, -0.25) is 4.79 Å². The monoisotopic (exact) mass is 410 g/mol. The highest BCUT2D eigenvalue weighted by Crippen LogP contribution is 2.30. The van der Waals surface area contributed by atoms with Crippen LogP contribution in [0.25, 0.3) is 11.1 Å². The van der Waals surface area contributed by atoms with E-state index in [0.29, 0.717) is 28.3 Å². The Hall–Kier alpha value is -2.08. The topological polar surface area (TPSA) is 58.6 Å². The van der Waals surface area contributed by atoms with E-state index in [1.54, 1.807) is 18.2 Å². The van der Waals surface area contributed by atoms with Crippen LogP contribution in [-0.4, -0.2) is 51.1 Å². The van der Waals surface area contributed by atoms with Crippen LogP contribution in [0.15, 0.2) is 36.4 Å². The van der Waals surface area contributed by atoms with E-state index in [9.17, 15) is 9.59 Å². The smallest absolute Gasteiger partial charge is 0.337 e. The Balaban J connectivity index is 0.00000364. The van der Waals surface area contributed by atoms with Gasteiger partial charge in [0.2, 0.25) is 0 Å². The molecule has 0 aliphatic carbocycles. The molecule has 0 radical (unpaired) electrons. The number of hydrogen-bond donors (Lipinski definition) is 1. The number of nitrogens with one attached hydrogen (secondary N) is 1. The molecule has 0 spiro atoms. The Kier molecular flexibility index (Phi) is 8.76. The quantitative estimate of drug-likeness (QED) is 0.735. The summed E-state index contributed by atoms with van der Waals surface area (Å²) in [4.78, 5) is 26.5.